The lowest BCUT2D eigenvalue weighted by atomic mass is 9.93. The first-order valence-corrected chi connectivity index (χ1v) is 8.32. The molecule has 0 saturated heterocycles. The van der Waals surface area contributed by atoms with Crippen molar-refractivity contribution in [2.24, 2.45) is 0 Å². The van der Waals surface area contributed by atoms with E-state index in [0.717, 1.165) is 11.1 Å². The van der Waals surface area contributed by atoms with Crippen LogP contribution >= 0.6 is 0 Å². The SMILES string of the molecule is [2H]c1cc(-c2ccccc2)cc(C([2H])([2H])[2H])c1-c1cc(-c2ccccc2)ncc1C([2H])([2H])[2H]. The van der Waals surface area contributed by atoms with Gasteiger partial charge in [0.2, 0.25) is 0 Å². The van der Waals surface area contributed by atoms with Gasteiger partial charge in [-0.3, -0.25) is 4.98 Å². The third kappa shape index (κ3) is 3.16. The maximum atomic E-state index is 8.74. The van der Waals surface area contributed by atoms with Crippen LogP contribution in [-0.2, 0) is 0 Å². The quantitative estimate of drug-likeness (QED) is 0.404. The van der Waals surface area contributed by atoms with Crippen LogP contribution in [0.2, 0.25) is 0 Å². The Labute approximate surface area is 164 Å². The lowest BCUT2D eigenvalue weighted by Gasteiger charge is -2.13. The summed E-state index contributed by atoms with van der Waals surface area (Å²) in [5.74, 6) is 0. The van der Waals surface area contributed by atoms with Crippen molar-refractivity contribution in [1.82, 2.24) is 4.98 Å². The average Bonchev–Trinajstić information content (AvgIpc) is 2.78. The van der Waals surface area contributed by atoms with E-state index in [4.69, 9.17) is 9.60 Å². The molecular weight excluding hydrogens is 314 g/mol. The van der Waals surface area contributed by atoms with Crippen LogP contribution in [0.3, 0.4) is 0 Å². The van der Waals surface area contributed by atoms with Crippen LogP contribution < -0.4 is 0 Å². The topological polar surface area (TPSA) is 12.9 Å². The van der Waals surface area contributed by atoms with Crippen LogP contribution in [0.25, 0.3) is 33.5 Å². The van der Waals surface area contributed by atoms with Crippen LogP contribution in [-0.4, -0.2) is 4.98 Å². The molecule has 0 aliphatic heterocycles. The molecule has 0 amide bonds. The van der Waals surface area contributed by atoms with Crippen LogP contribution in [0, 0.1) is 13.7 Å². The standard InChI is InChI=1S/C25H21N/c1-18-15-22(20-9-5-3-6-10-20)13-14-23(18)24-16-25(26-17-19(24)2)21-11-7-4-8-12-21/h3-17H,1-2H3/i1D3,2D3,14D. The minimum atomic E-state index is -2.56. The van der Waals surface area contributed by atoms with Crippen molar-refractivity contribution in [3.8, 4) is 33.5 Å². The Morgan fingerprint density at radius 1 is 0.692 bits per heavy atom. The lowest BCUT2D eigenvalue weighted by Crippen LogP contribution is -1.92. The van der Waals surface area contributed by atoms with E-state index in [0.29, 0.717) is 11.3 Å². The normalized spacial score (nSPS) is 15.6. The second-order valence-corrected chi connectivity index (χ2v) is 6.02. The summed E-state index contributed by atoms with van der Waals surface area (Å²) in [5.41, 5.74) is 2.74. The largest absolute Gasteiger partial charge is 0.256 e. The molecule has 0 spiro atoms. The Hall–Kier alpha value is -3.19. The third-order valence-corrected chi connectivity index (χ3v) is 4.29. The van der Waals surface area contributed by atoms with Gasteiger partial charge in [-0.05, 0) is 53.2 Å². The molecule has 1 aromatic heterocycles. The van der Waals surface area contributed by atoms with Crippen molar-refractivity contribution in [3.63, 3.8) is 0 Å². The molecule has 26 heavy (non-hydrogen) atoms. The van der Waals surface area contributed by atoms with E-state index >= 15 is 0 Å². The number of hydrogen-bond acceptors (Lipinski definition) is 1. The first kappa shape index (κ1) is 10.1. The molecule has 0 bridgehead atoms. The van der Waals surface area contributed by atoms with Crippen molar-refractivity contribution in [3.05, 3.63) is 102 Å². The molecule has 0 N–H and O–H groups in total. The van der Waals surface area contributed by atoms with E-state index in [2.05, 4.69) is 4.98 Å². The van der Waals surface area contributed by atoms with E-state index in [1.807, 2.05) is 60.7 Å². The van der Waals surface area contributed by atoms with E-state index in [9.17, 15) is 0 Å². The van der Waals surface area contributed by atoms with Gasteiger partial charge in [0.15, 0.2) is 0 Å². The summed E-state index contributed by atoms with van der Waals surface area (Å²) in [4.78, 5) is 4.33. The summed E-state index contributed by atoms with van der Waals surface area (Å²) in [6.07, 6.45) is 1.26. The van der Waals surface area contributed by atoms with Gasteiger partial charge >= 0.3 is 0 Å². The molecule has 0 radical (unpaired) electrons. The molecule has 1 heteroatoms. The number of nitrogens with zero attached hydrogens (tertiary/aromatic N) is 1. The molecule has 3 aromatic carbocycles. The Morgan fingerprint density at radius 3 is 2.08 bits per heavy atom. The number of aromatic nitrogens is 1. The van der Waals surface area contributed by atoms with E-state index in [1.54, 1.807) is 12.1 Å². The van der Waals surface area contributed by atoms with Gasteiger partial charge in [-0.1, -0.05) is 78.8 Å². The highest BCUT2D eigenvalue weighted by Crippen LogP contribution is 2.32. The van der Waals surface area contributed by atoms with Gasteiger partial charge in [-0.2, -0.15) is 0 Å². The van der Waals surface area contributed by atoms with E-state index in [1.165, 1.54) is 12.3 Å². The molecule has 126 valence electrons. The number of benzene rings is 3. The highest BCUT2D eigenvalue weighted by Gasteiger charge is 2.10. The second-order valence-electron chi connectivity index (χ2n) is 6.02. The molecule has 1 heterocycles. The fourth-order valence-electron chi connectivity index (χ4n) is 2.95. The summed E-state index contributed by atoms with van der Waals surface area (Å²) in [5, 5.41) is 0. The van der Waals surface area contributed by atoms with Gasteiger partial charge in [-0.25, -0.2) is 0 Å². The van der Waals surface area contributed by atoms with E-state index < -0.39 is 13.7 Å². The second kappa shape index (κ2) is 6.97. The van der Waals surface area contributed by atoms with Crippen molar-refractivity contribution < 1.29 is 9.60 Å². The minimum absolute atomic E-state index is 0.0572. The van der Waals surface area contributed by atoms with Crippen LogP contribution in [0.5, 0.6) is 0 Å². The predicted molar refractivity (Wildman–Crippen MR) is 110 cm³/mol. The monoisotopic (exact) mass is 342 g/mol. The van der Waals surface area contributed by atoms with Crippen LogP contribution in [0.4, 0.5) is 0 Å². The number of pyridine rings is 1. The van der Waals surface area contributed by atoms with Gasteiger partial charge in [0.1, 0.15) is 0 Å². The highest BCUT2D eigenvalue weighted by atomic mass is 14.7. The molecular formula is C25H21N. The van der Waals surface area contributed by atoms with Gasteiger partial charge < -0.3 is 0 Å². The minimum Gasteiger partial charge on any atom is -0.256 e. The molecule has 4 rings (SSSR count). The molecule has 0 aliphatic rings. The summed E-state index contributed by atoms with van der Waals surface area (Å²) in [6.45, 7) is -5.09. The van der Waals surface area contributed by atoms with Gasteiger partial charge in [0, 0.05) is 20.0 Å². The zero-order chi connectivity index (χ0) is 23.8. The summed E-state index contributed by atoms with van der Waals surface area (Å²) in [6, 6.07) is 23.0. The Morgan fingerprint density at radius 2 is 1.38 bits per heavy atom. The van der Waals surface area contributed by atoms with Crippen molar-refractivity contribution in [2.75, 3.05) is 0 Å². The lowest BCUT2D eigenvalue weighted by molar-refractivity contribution is 1.26. The van der Waals surface area contributed by atoms with Gasteiger partial charge in [0.05, 0.1) is 7.06 Å². The van der Waals surface area contributed by atoms with Gasteiger partial charge in [0.25, 0.3) is 0 Å². The Bertz CT molecular complexity index is 1280. The fraction of sp³-hybridized carbons (Fsp3) is 0.0800. The molecule has 1 nitrogen and oxygen atoms in total. The first-order valence-electron chi connectivity index (χ1n) is 11.8. The third-order valence-electron chi connectivity index (χ3n) is 4.29. The van der Waals surface area contributed by atoms with Crippen molar-refractivity contribution in [2.45, 2.75) is 13.7 Å². The molecule has 0 atom stereocenters. The molecule has 0 fully saturated rings. The van der Waals surface area contributed by atoms with Gasteiger partial charge in [-0.15, -0.1) is 0 Å². The smallest absolute Gasteiger partial charge is 0.0708 e. The fourth-order valence-corrected chi connectivity index (χ4v) is 2.95. The first-order chi connectivity index (χ1) is 15.6. The van der Waals surface area contributed by atoms with E-state index in [-0.39, 0.29) is 28.3 Å². The average molecular weight is 342 g/mol. The maximum absolute atomic E-state index is 8.74. The summed E-state index contributed by atoms with van der Waals surface area (Å²) < 4.78 is 57.2. The number of aryl methyl sites for hydroxylation is 2. The molecule has 0 unspecified atom stereocenters. The molecule has 4 aromatic rings. The molecule has 0 aliphatic carbocycles. The Balaban J connectivity index is 2.03. The Kier molecular flexibility index (Phi) is 2.70. The number of rotatable bonds is 3. The van der Waals surface area contributed by atoms with Crippen LogP contribution in [0.1, 0.15) is 20.7 Å². The summed E-state index contributed by atoms with van der Waals surface area (Å²) >= 11 is 0. The number of hydrogen-bond donors (Lipinski definition) is 0. The maximum Gasteiger partial charge on any atom is 0.0708 e. The summed E-state index contributed by atoms with van der Waals surface area (Å²) in [7, 11) is 0. The molecule has 0 saturated carbocycles. The highest BCUT2D eigenvalue weighted by molar-refractivity contribution is 5.77. The predicted octanol–water partition coefficient (Wildman–Crippen LogP) is 6.70. The van der Waals surface area contributed by atoms with Crippen molar-refractivity contribution >= 4 is 0 Å². The van der Waals surface area contributed by atoms with Crippen LogP contribution in [0.15, 0.2) is 91.1 Å². The zero-order valence-corrected chi connectivity index (χ0v) is 14.0. The van der Waals surface area contributed by atoms with Crippen molar-refractivity contribution in [1.29, 1.82) is 0 Å². The zero-order valence-electron chi connectivity index (χ0n) is 21.0.